The maximum atomic E-state index is 13.8. The molecule has 0 amide bonds. The number of rotatable bonds is 3. The Morgan fingerprint density at radius 2 is 1.63 bits per heavy atom. The topological polar surface area (TPSA) is 12.0 Å². The molecule has 0 aliphatic rings. The summed E-state index contributed by atoms with van der Waals surface area (Å²) in [6.07, 6.45) is 0. The molecule has 2 rings (SSSR count). The molecule has 0 aliphatic heterocycles. The molecule has 19 heavy (non-hydrogen) atoms. The van der Waals surface area contributed by atoms with Crippen LogP contribution in [-0.2, 0) is 0 Å². The summed E-state index contributed by atoms with van der Waals surface area (Å²) in [7, 11) is 1.61. The van der Waals surface area contributed by atoms with Crippen molar-refractivity contribution in [1.29, 1.82) is 0 Å². The second kappa shape index (κ2) is 5.45. The van der Waals surface area contributed by atoms with Crippen molar-refractivity contribution >= 4 is 0 Å². The van der Waals surface area contributed by atoms with Gasteiger partial charge in [-0.1, -0.05) is 12.1 Å². The van der Waals surface area contributed by atoms with E-state index >= 15 is 0 Å². The Kier molecular flexibility index (Phi) is 3.90. The zero-order valence-electron chi connectivity index (χ0n) is 10.7. The van der Waals surface area contributed by atoms with E-state index in [1.807, 2.05) is 0 Å². The minimum atomic E-state index is -0.651. The first-order valence-corrected chi connectivity index (χ1v) is 5.92. The number of nitrogens with one attached hydrogen (secondary N) is 1. The Balaban J connectivity index is 2.56. The van der Waals surface area contributed by atoms with Gasteiger partial charge in [0.25, 0.3) is 0 Å². The van der Waals surface area contributed by atoms with E-state index < -0.39 is 17.7 Å². The van der Waals surface area contributed by atoms with Crippen LogP contribution < -0.4 is 5.32 Å². The third kappa shape index (κ3) is 2.63. The van der Waals surface area contributed by atoms with Crippen molar-refractivity contribution in [2.24, 2.45) is 0 Å². The average Bonchev–Trinajstić information content (AvgIpc) is 2.35. The molecule has 2 aromatic carbocycles. The molecule has 1 N–H and O–H groups in total. The number of hydrogen-bond donors (Lipinski definition) is 1. The predicted octanol–water partition coefficient (Wildman–Crippen LogP) is 3.72. The molecular weight excluding hydrogens is 251 g/mol. The lowest BCUT2D eigenvalue weighted by Crippen LogP contribution is -2.21. The van der Waals surface area contributed by atoms with Gasteiger partial charge in [0.05, 0.1) is 6.04 Å². The number of benzene rings is 2. The molecule has 0 aromatic heterocycles. The van der Waals surface area contributed by atoms with E-state index in [2.05, 4.69) is 5.32 Å². The highest BCUT2D eigenvalue weighted by Gasteiger charge is 2.21. The molecular formula is C15H14F3N. The second-order valence-electron chi connectivity index (χ2n) is 4.36. The lowest BCUT2D eigenvalue weighted by Gasteiger charge is -2.20. The Hall–Kier alpha value is -1.81. The third-order valence-electron chi connectivity index (χ3n) is 3.12. The Morgan fingerprint density at radius 3 is 2.16 bits per heavy atom. The lowest BCUT2D eigenvalue weighted by molar-refractivity contribution is 0.520. The fourth-order valence-corrected chi connectivity index (χ4v) is 2.20. The molecule has 0 spiro atoms. The largest absolute Gasteiger partial charge is 0.309 e. The normalized spacial score (nSPS) is 12.5. The first kappa shape index (κ1) is 13.6. The number of halogens is 3. The Bertz CT molecular complexity index is 576. The van der Waals surface area contributed by atoms with E-state index in [9.17, 15) is 13.2 Å². The molecule has 100 valence electrons. The molecule has 1 atom stereocenters. The standard InChI is InChI=1S/C15H14F3N/c1-9-8-10(16)6-7-11(9)15(19-2)14-12(17)4-3-5-13(14)18/h3-8,15,19H,1-2H3. The van der Waals surface area contributed by atoms with Gasteiger partial charge in [-0.3, -0.25) is 0 Å². The molecule has 2 aromatic rings. The summed E-state index contributed by atoms with van der Waals surface area (Å²) in [5.74, 6) is -1.61. The van der Waals surface area contributed by atoms with Gasteiger partial charge in [0.1, 0.15) is 17.5 Å². The smallest absolute Gasteiger partial charge is 0.131 e. The average molecular weight is 265 g/mol. The summed E-state index contributed by atoms with van der Waals surface area (Å²) >= 11 is 0. The van der Waals surface area contributed by atoms with Gasteiger partial charge in [-0.05, 0) is 49.4 Å². The maximum absolute atomic E-state index is 13.8. The van der Waals surface area contributed by atoms with Gasteiger partial charge in [0.15, 0.2) is 0 Å². The van der Waals surface area contributed by atoms with E-state index in [0.717, 1.165) is 0 Å². The van der Waals surface area contributed by atoms with Crippen molar-refractivity contribution < 1.29 is 13.2 Å². The van der Waals surface area contributed by atoms with Gasteiger partial charge in [-0.2, -0.15) is 0 Å². The van der Waals surface area contributed by atoms with Crippen LogP contribution in [0.4, 0.5) is 13.2 Å². The minimum Gasteiger partial charge on any atom is -0.309 e. The van der Waals surface area contributed by atoms with Crippen LogP contribution in [0.3, 0.4) is 0 Å². The Labute approximate surface area is 110 Å². The summed E-state index contributed by atoms with van der Waals surface area (Å²) in [6, 6.07) is 7.25. The molecule has 0 fully saturated rings. The highest BCUT2D eigenvalue weighted by molar-refractivity contribution is 5.38. The predicted molar refractivity (Wildman–Crippen MR) is 68.4 cm³/mol. The molecule has 0 saturated carbocycles. The molecule has 0 radical (unpaired) electrons. The van der Waals surface area contributed by atoms with Gasteiger partial charge in [-0.15, -0.1) is 0 Å². The van der Waals surface area contributed by atoms with Crippen LogP contribution in [0.5, 0.6) is 0 Å². The fourth-order valence-electron chi connectivity index (χ4n) is 2.20. The second-order valence-corrected chi connectivity index (χ2v) is 4.36. The zero-order valence-corrected chi connectivity index (χ0v) is 10.7. The summed E-state index contributed by atoms with van der Waals surface area (Å²) in [4.78, 5) is 0. The van der Waals surface area contributed by atoms with E-state index in [0.29, 0.717) is 11.1 Å². The van der Waals surface area contributed by atoms with Crippen LogP contribution in [-0.4, -0.2) is 7.05 Å². The van der Waals surface area contributed by atoms with Crippen LogP contribution in [0.1, 0.15) is 22.7 Å². The molecule has 0 saturated heterocycles. The first-order chi connectivity index (χ1) is 9.04. The van der Waals surface area contributed by atoms with Gasteiger partial charge in [0.2, 0.25) is 0 Å². The SMILES string of the molecule is CNC(c1ccc(F)cc1C)c1c(F)cccc1F. The summed E-state index contributed by atoms with van der Waals surface area (Å²) in [5.41, 5.74) is 1.23. The van der Waals surface area contributed by atoms with Crippen molar-refractivity contribution in [2.75, 3.05) is 7.05 Å². The molecule has 1 nitrogen and oxygen atoms in total. The van der Waals surface area contributed by atoms with Crippen molar-refractivity contribution in [2.45, 2.75) is 13.0 Å². The number of hydrogen-bond acceptors (Lipinski definition) is 1. The van der Waals surface area contributed by atoms with Crippen molar-refractivity contribution in [3.8, 4) is 0 Å². The highest BCUT2D eigenvalue weighted by Crippen LogP contribution is 2.28. The summed E-state index contributed by atoms with van der Waals surface area (Å²) < 4.78 is 40.8. The minimum absolute atomic E-state index is 0.0558. The van der Waals surface area contributed by atoms with E-state index in [1.54, 1.807) is 14.0 Å². The Morgan fingerprint density at radius 1 is 1.00 bits per heavy atom. The van der Waals surface area contributed by atoms with E-state index in [-0.39, 0.29) is 11.4 Å². The van der Waals surface area contributed by atoms with E-state index in [1.165, 1.54) is 36.4 Å². The van der Waals surface area contributed by atoms with Crippen LogP contribution in [0.15, 0.2) is 36.4 Å². The quantitative estimate of drug-likeness (QED) is 0.891. The molecule has 0 bridgehead atoms. The van der Waals surface area contributed by atoms with Gasteiger partial charge >= 0.3 is 0 Å². The van der Waals surface area contributed by atoms with Crippen LogP contribution in [0.2, 0.25) is 0 Å². The summed E-state index contributed by atoms with van der Waals surface area (Å²) in [6.45, 7) is 1.71. The van der Waals surface area contributed by atoms with Crippen LogP contribution >= 0.6 is 0 Å². The molecule has 1 unspecified atom stereocenters. The van der Waals surface area contributed by atoms with Crippen molar-refractivity contribution in [1.82, 2.24) is 5.32 Å². The summed E-state index contributed by atoms with van der Waals surface area (Å²) in [5, 5.41) is 2.87. The molecule has 4 heteroatoms. The number of aryl methyl sites for hydroxylation is 1. The van der Waals surface area contributed by atoms with Gasteiger partial charge in [-0.25, -0.2) is 13.2 Å². The van der Waals surface area contributed by atoms with E-state index in [4.69, 9.17) is 0 Å². The van der Waals surface area contributed by atoms with Crippen LogP contribution in [0.25, 0.3) is 0 Å². The van der Waals surface area contributed by atoms with Crippen molar-refractivity contribution in [3.63, 3.8) is 0 Å². The van der Waals surface area contributed by atoms with Gasteiger partial charge in [0, 0.05) is 5.56 Å². The maximum Gasteiger partial charge on any atom is 0.131 e. The third-order valence-corrected chi connectivity index (χ3v) is 3.12. The first-order valence-electron chi connectivity index (χ1n) is 5.92. The molecule has 0 aliphatic carbocycles. The van der Waals surface area contributed by atoms with Crippen molar-refractivity contribution in [3.05, 3.63) is 70.5 Å². The lowest BCUT2D eigenvalue weighted by atomic mass is 9.94. The van der Waals surface area contributed by atoms with Gasteiger partial charge < -0.3 is 5.32 Å². The zero-order chi connectivity index (χ0) is 14.0. The van der Waals surface area contributed by atoms with Crippen LogP contribution in [0, 0.1) is 24.4 Å². The monoisotopic (exact) mass is 265 g/mol. The highest BCUT2D eigenvalue weighted by atomic mass is 19.1. The molecule has 0 heterocycles. The fraction of sp³-hybridized carbons (Fsp3) is 0.200.